The van der Waals surface area contributed by atoms with Gasteiger partial charge in [0.25, 0.3) is 0 Å². The van der Waals surface area contributed by atoms with Crippen molar-refractivity contribution in [2.75, 3.05) is 39.9 Å². The molecule has 0 amide bonds. The lowest BCUT2D eigenvalue weighted by atomic mass is 10.0. The summed E-state index contributed by atoms with van der Waals surface area (Å²) >= 11 is 0. The highest BCUT2D eigenvalue weighted by atomic mass is 16.5. The van der Waals surface area contributed by atoms with Gasteiger partial charge in [0.05, 0.1) is 12.3 Å². The second kappa shape index (κ2) is 8.94. The van der Waals surface area contributed by atoms with E-state index < -0.39 is 5.97 Å². The van der Waals surface area contributed by atoms with Gasteiger partial charge in [-0.05, 0) is 37.4 Å². The van der Waals surface area contributed by atoms with Crippen LogP contribution in [0.15, 0.2) is 42.6 Å². The van der Waals surface area contributed by atoms with Gasteiger partial charge in [-0.1, -0.05) is 6.07 Å². The first-order valence-electron chi connectivity index (χ1n) is 8.99. The number of aromatic nitrogens is 1. The highest BCUT2D eigenvalue weighted by molar-refractivity contribution is 5.69. The first-order chi connectivity index (χ1) is 13.1. The number of hydrogen-bond donors (Lipinski definition) is 2. The van der Waals surface area contributed by atoms with Crippen LogP contribution in [0.2, 0.25) is 0 Å². The fraction of sp³-hybridized carbons (Fsp3) is 0.400. The summed E-state index contributed by atoms with van der Waals surface area (Å²) in [5.41, 5.74) is 2.73. The second-order valence-electron chi connectivity index (χ2n) is 6.77. The number of carbonyl (C=O) groups is 1. The summed E-state index contributed by atoms with van der Waals surface area (Å²) in [7, 11) is 2.02. The van der Waals surface area contributed by atoms with Crippen LogP contribution < -0.4 is 4.74 Å². The lowest BCUT2D eigenvalue weighted by Crippen LogP contribution is -2.52. The van der Waals surface area contributed by atoms with Crippen LogP contribution in [0.3, 0.4) is 0 Å². The normalized spacial score (nSPS) is 18.4. The number of likely N-dealkylation sites (N-methyl/N-ethyl adjacent to an activating group) is 1. The van der Waals surface area contributed by atoms with E-state index in [4.69, 9.17) is 9.84 Å². The Kier molecular flexibility index (Phi) is 6.39. The molecule has 1 atom stereocenters. The average Bonchev–Trinajstić information content (AvgIpc) is 2.69. The maximum Gasteiger partial charge on any atom is 0.341 e. The molecule has 7 nitrogen and oxygen atoms in total. The summed E-state index contributed by atoms with van der Waals surface area (Å²) in [4.78, 5) is 19.7. The Hall–Kier alpha value is -2.48. The van der Waals surface area contributed by atoms with Gasteiger partial charge in [0.1, 0.15) is 5.75 Å². The first kappa shape index (κ1) is 19.3. The third kappa shape index (κ3) is 5.03. The van der Waals surface area contributed by atoms with Gasteiger partial charge in [-0.25, -0.2) is 4.79 Å². The first-order valence-corrected chi connectivity index (χ1v) is 8.99. The van der Waals surface area contributed by atoms with E-state index in [2.05, 4.69) is 14.8 Å². The number of nitrogens with zero attached hydrogens (tertiary/aromatic N) is 3. The van der Waals surface area contributed by atoms with E-state index in [1.807, 2.05) is 43.4 Å². The van der Waals surface area contributed by atoms with Crippen molar-refractivity contribution in [2.24, 2.45) is 0 Å². The molecular formula is C20H25N3O4. The van der Waals surface area contributed by atoms with Crippen LogP contribution in [0.4, 0.5) is 0 Å². The molecule has 2 N–H and O–H groups in total. The van der Waals surface area contributed by atoms with Crippen LogP contribution in [0.25, 0.3) is 11.3 Å². The van der Waals surface area contributed by atoms with Crippen molar-refractivity contribution in [3.05, 3.63) is 48.2 Å². The summed E-state index contributed by atoms with van der Waals surface area (Å²) in [6.07, 6.45) is 1.75. The number of ether oxygens (including phenoxy) is 1. The van der Waals surface area contributed by atoms with Gasteiger partial charge in [-0.3, -0.25) is 14.8 Å². The zero-order chi connectivity index (χ0) is 19.2. The number of pyridine rings is 1. The molecule has 0 radical (unpaired) electrons. The maximum absolute atomic E-state index is 10.9. The van der Waals surface area contributed by atoms with E-state index in [9.17, 15) is 9.90 Å². The van der Waals surface area contributed by atoms with Crippen molar-refractivity contribution in [1.29, 1.82) is 0 Å². The second-order valence-corrected chi connectivity index (χ2v) is 6.77. The summed E-state index contributed by atoms with van der Waals surface area (Å²) in [6.45, 7) is 2.86. The van der Waals surface area contributed by atoms with Crippen LogP contribution in [0.5, 0.6) is 5.75 Å². The number of aliphatic carboxylic acids is 1. The van der Waals surface area contributed by atoms with Crippen LogP contribution in [-0.4, -0.2) is 76.9 Å². The molecule has 1 fully saturated rings. The fourth-order valence-electron chi connectivity index (χ4n) is 3.27. The summed E-state index contributed by atoms with van der Waals surface area (Å²) in [5.74, 6) is -0.439. The summed E-state index contributed by atoms with van der Waals surface area (Å²) in [6, 6.07) is 11.5. The number of benzene rings is 1. The third-order valence-corrected chi connectivity index (χ3v) is 4.84. The minimum absolute atomic E-state index is 0.0983. The number of piperazine rings is 1. The number of hydrogen-bond acceptors (Lipinski definition) is 6. The molecule has 0 unspecified atom stereocenters. The van der Waals surface area contributed by atoms with E-state index in [0.29, 0.717) is 12.3 Å². The molecule has 7 heteroatoms. The molecule has 144 valence electrons. The molecule has 0 saturated carbocycles. The topological polar surface area (TPSA) is 86.1 Å². The largest absolute Gasteiger partial charge is 0.482 e. The Labute approximate surface area is 158 Å². The van der Waals surface area contributed by atoms with Crippen LogP contribution in [0.1, 0.15) is 5.56 Å². The molecule has 1 aliphatic rings. The van der Waals surface area contributed by atoms with Crippen LogP contribution in [-0.2, 0) is 11.3 Å². The van der Waals surface area contributed by atoms with E-state index in [0.717, 1.165) is 36.5 Å². The summed E-state index contributed by atoms with van der Waals surface area (Å²) < 4.78 is 5.50. The molecule has 0 bridgehead atoms. The molecule has 2 aromatic rings. The van der Waals surface area contributed by atoms with E-state index in [1.54, 1.807) is 6.20 Å². The fourth-order valence-corrected chi connectivity index (χ4v) is 3.27. The van der Waals surface area contributed by atoms with Gasteiger partial charge in [0.15, 0.2) is 6.61 Å². The predicted molar refractivity (Wildman–Crippen MR) is 102 cm³/mol. The number of carboxylic acids is 1. The monoisotopic (exact) mass is 371 g/mol. The van der Waals surface area contributed by atoms with Crippen molar-refractivity contribution in [3.63, 3.8) is 0 Å². The van der Waals surface area contributed by atoms with Crippen molar-refractivity contribution in [1.82, 2.24) is 14.8 Å². The quantitative estimate of drug-likeness (QED) is 0.759. The Morgan fingerprint density at radius 2 is 2.15 bits per heavy atom. The Morgan fingerprint density at radius 1 is 1.30 bits per heavy atom. The molecular weight excluding hydrogens is 346 g/mol. The lowest BCUT2D eigenvalue weighted by Gasteiger charge is -2.38. The molecule has 0 spiro atoms. The summed E-state index contributed by atoms with van der Waals surface area (Å²) in [5, 5.41) is 18.5. The smallest absolute Gasteiger partial charge is 0.341 e. The Balaban J connectivity index is 1.84. The van der Waals surface area contributed by atoms with Crippen LogP contribution >= 0.6 is 0 Å². The van der Waals surface area contributed by atoms with E-state index in [1.165, 1.54) is 0 Å². The Morgan fingerprint density at radius 3 is 2.85 bits per heavy atom. The molecule has 1 aromatic heterocycles. The minimum Gasteiger partial charge on any atom is -0.482 e. The van der Waals surface area contributed by atoms with E-state index in [-0.39, 0.29) is 19.3 Å². The van der Waals surface area contributed by atoms with Crippen molar-refractivity contribution in [2.45, 2.75) is 12.6 Å². The molecule has 2 heterocycles. The van der Waals surface area contributed by atoms with Crippen molar-refractivity contribution >= 4 is 5.97 Å². The molecule has 0 aliphatic carbocycles. The van der Waals surface area contributed by atoms with Gasteiger partial charge >= 0.3 is 5.97 Å². The van der Waals surface area contributed by atoms with Crippen molar-refractivity contribution < 1.29 is 19.7 Å². The zero-order valence-electron chi connectivity index (χ0n) is 15.4. The van der Waals surface area contributed by atoms with Gasteiger partial charge < -0.3 is 14.9 Å². The Bertz CT molecular complexity index is 769. The highest BCUT2D eigenvalue weighted by Crippen LogP contribution is 2.27. The molecule has 27 heavy (non-hydrogen) atoms. The number of rotatable bonds is 7. The standard InChI is InChI=1S/C20H25N3O4/c1-22-8-9-23(12-17(22)13-24)11-16-10-15(18-4-2-3-7-21-18)5-6-19(16)27-14-20(25)26/h2-7,10,17,24H,8-9,11-14H2,1H3,(H,25,26)/t17-/m0/s1. The van der Waals surface area contributed by atoms with Gasteiger partial charge in [-0.15, -0.1) is 0 Å². The number of carboxylic acid groups (broad SMARTS) is 1. The van der Waals surface area contributed by atoms with Gasteiger partial charge in [0.2, 0.25) is 0 Å². The van der Waals surface area contributed by atoms with Gasteiger partial charge in [-0.2, -0.15) is 0 Å². The number of aliphatic hydroxyl groups is 1. The zero-order valence-corrected chi connectivity index (χ0v) is 15.4. The minimum atomic E-state index is -1.00. The predicted octanol–water partition coefficient (Wildman–Crippen LogP) is 1.32. The maximum atomic E-state index is 10.9. The third-order valence-electron chi connectivity index (χ3n) is 4.84. The van der Waals surface area contributed by atoms with Crippen LogP contribution in [0, 0.1) is 0 Å². The van der Waals surface area contributed by atoms with E-state index >= 15 is 0 Å². The van der Waals surface area contributed by atoms with Gasteiger partial charge in [0, 0.05) is 49.5 Å². The average molecular weight is 371 g/mol. The molecule has 1 aliphatic heterocycles. The molecule has 1 saturated heterocycles. The molecule has 1 aromatic carbocycles. The number of aliphatic hydroxyl groups excluding tert-OH is 1. The molecule has 3 rings (SSSR count). The van der Waals surface area contributed by atoms with Crippen molar-refractivity contribution in [3.8, 4) is 17.0 Å². The highest BCUT2D eigenvalue weighted by Gasteiger charge is 2.24. The lowest BCUT2D eigenvalue weighted by molar-refractivity contribution is -0.139. The SMILES string of the molecule is CN1CCN(Cc2cc(-c3ccccn3)ccc2OCC(=O)O)C[C@H]1CO.